The number of nitrogens with one attached hydrogen (secondary N) is 3. The second-order valence-electron chi connectivity index (χ2n) is 6.91. The maximum atomic E-state index is 12.5. The summed E-state index contributed by atoms with van der Waals surface area (Å²) >= 11 is 0. The predicted octanol–water partition coefficient (Wildman–Crippen LogP) is -1.32. The van der Waals surface area contributed by atoms with E-state index in [4.69, 9.17) is 16.6 Å². The highest BCUT2D eigenvalue weighted by atomic mass is 16.4. The third-order valence-corrected chi connectivity index (χ3v) is 4.08. The van der Waals surface area contributed by atoms with Crippen LogP contribution in [0, 0.1) is 5.92 Å². The number of aliphatic carboxylic acids is 1. The first-order valence-corrected chi connectivity index (χ1v) is 9.10. The minimum atomic E-state index is -1.18. The SMILES string of the molecule is CC(C)[C@H](N)C(=O)N[C@@H](CCCCN)C(=O)N[C@@H](C)C(=O)N[C@@H](C)C(=O)O. The number of hydrogen-bond acceptors (Lipinski definition) is 6. The van der Waals surface area contributed by atoms with Gasteiger partial charge in [-0.2, -0.15) is 0 Å². The fraction of sp³-hybridized carbons (Fsp3) is 0.765. The molecule has 0 aliphatic carbocycles. The molecule has 0 saturated heterocycles. The van der Waals surface area contributed by atoms with E-state index in [9.17, 15) is 19.2 Å². The molecule has 4 atom stereocenters. The van der Waals surface area contributed by atoms with Crippen LogP contribution in [0.3, 0.4) is 0 Å². The van der Waals surface area contributed by atoms with Gasteiger partial charge in [-0.15, -0.1) is 0 Å². The molecule has 0 spiro atoms. The highest BCUT2D eigenvalue weighted by Crippen LogP contribution is 2.04. The van der Waals surface area contributed by atoms with Crippen molar-refractivity contribution in [3.63, 3.8) is 0 Å². The zero-order chi connectivity index (χ0) is 21.1. The molecular weight excluding hydrogens is 354 g/mol. The lowest BCUT2D eigenvalue weighted by molar-refractivity contribution is -0.141. The van der Waals surface area contributed by atoms with E-state index >= 15 is 0 Å². The lowest BCUT2D eigenvalue weighted by atomic mass is 10.0. The molecule has 0 aromatic heterocycles. The average molecular weight is 387 g/mol. The van der Waals surface area contributed by atoms with Gasteiger partial charge in [-0.3, -0.25) is 19.2 Å². The third-order valence-electron chi connectivity index (χ3n) is 4.08. The molecule has 0 radical (unpaired) electrons. The predicted molar refractivity (Wildman–Crippen MR) is 100 cm³/mol. The van der Waals surface area contributed by atoms with Crippen LogP contribution in [-0.4, -0.2) is 59.5 Å². The molecule has 0 aliphatic rings. The van der Waals surface area contributed by atoms with E-state index in [1.165, 1.54) is 13.8 Å². The van der Waals surface area contributed by atoms with Gasteiger partial charge in [-0.05, 0) is 45.6 Å². The summed E-state index contributed by atoms with van der Waals surface area (Å²) in [5, 5.41) is 16.2. The van der Waals surface area contributed by atoms with Gasteiger partial charge >= 0.3 is 5.97 Å². The van der Waals surface area contributed by atoms with Crippen molar-refractivity contribution in [3.8, 4) is 0 Å². The molecule has 10 nitrogen and oxygen atoms in total. The van der Waals surface area contributed by atoms with Gasteiger partial charge in [0.15, 0.2) is 0 Å². The van der Waals surface area contributed by atoms with Gasteiger partial charge in [0.25, 0.3) is 0 Å². The molecule has 0 aromatic rings. The number of carboxylic acids is 1. The molecule has 0 bridgehead atoms. The minimum absolute atomic E-state index is 0.0973. The van der Waals surface area contributed by atoms with Gasteiger partial charge in [0.1, 0.15) is 18.1 Å². The largest absolute Gasteiger partial charge is 0.480 e. The first kappa shape index (κ1) is 24.8. The fourth-order valence-electron chi connectivity index (χ4n) is 2.11. The molecule has 10 heteroatoms. The molecular formula is C17H33N5O5. The Hall–Kier alpha value is -2.20. The zero-order valence-electron chi connectivity index (χ0n) is 16.5. The standard InChI is InChI=1S/C17H33N5O5/c1-9(2)13(19)16(25)22-12(7-5-6-8-18)15(24)20-10(3)14(23)21-11(4)17(26)27/h9-13H,5-8,18-19H2,1-4H3,(H,20,24)(H,21,23)(H,22,25)(H,26,27)/t10-,11-,12-,13-/m0/s1. The van der Waals surface area contributed by atoms with Crippen LogP contribution < -0.4 is 27.4 Å². The molecule has 0 unspecified atom stereocenters. The van der Waals surface area contributed by atoms with Crippen molar-refractivity contribution in [2.24, 2.45) is 17.4 Å². The smallest absolute Gasteiger partial charge is 0.325 e. The molecule has 8 N–H and O–H groups in total. The Kier molecular flexibility index (Phi) is 11.2. The lowest BCUT2D eigenvalue weighted by Crippen LogP contribution is -2.56. The van der Waals surface area contributed by atoms with E-state index in [1.807, 2.05) is 0 Å². The molecule has 0 aromatic carbocycles. The van der Waals surface area contributed by atoms with Crippen LogP contribution in [0.4, 0.5) is 0 Å². The van der Waals surface area contributed by atoms with Gasteiger partial charge in [-0.25, -0.2) is 0 Å². The monoisotopic (exact) mass is 387 g/mol. The Labute approximate surface area is 159 Å². The number of unbranched alkanes of at least 4 members (excludes halogenated alkanes) is 1. The maximum absolute atomic E-state index is 12.5. The van der Waals surface area contributed by atoms with Crippen LogP contribution in [0.5, 0.6) is 0 Å². The molecule has 0 heterocycles. The van der Waals surface area contributed by atoms with Crippen LogP contribution in [-0.2, 0) is 19.2 Å². The molecule has 156 valence electrons. The Balaban J connectivity index is 4.93. The fourth-order valence-corrected chi connectivity index (χ4v) is 2.11. The molecule has 27 heavy (non-hydrogen) atoms. The van der Waals surface area contributed by atoms with Crippen molar-refractivity contribution >= 4 is 23.7 Å². The van der Waals surface area contributed by atoms with Gasteiger partial charge in [0.2, 0.25) is 17.7 Å². The van der Waals surface area contributed by atoms with Crippen LogP contribution in [0.25, 0.3) is 0 Å². The van der Waals surface area contributed by atoms with E-state index in [0.29, 0.717) is 25.8 Å². The summed E-state index contributed by atoms with van der Waals surface area (Å²) in [6.45, 7) is 6.80. The summed E-state index contributed by atoms with van der Waals surface area (Å²) in [4.78, 5) is 47.5. The van der Waals surface area contributed by atoms with E-state index < -0.39 is 47.9 Å². The zero-order valence-corrected chi connectivity index (χ0v) is 16.5. The van der Waals surface area contributed by atoms with E-state index in [-0.39, 0.29) is 5.92 Å². The van der Waals surface area contributed by atoms with Gasteiger partial charge in [0.05, 0.1) is 6.04 Å². The van der Waals surface area contributed by atoms with E-state index in [2.05, 4.69) is 16.0 Å². The van der Waals surface area contributed by atoms with E-state index in [1.54, 1.807) is 13.8 Å². The maximum Gasteiger partial charge on any atom is 0.325 e. The van der Waals surface area contributed by atoms with Crippen LogP contribution >= 0.6 is 0 Å². The summed E-state index contributed by atoms with van der Waals surface area (Å²) in [5.74, 6) is -2.91. The highest BCUT2D eigenvalue weighted by molar-refractivity contribution is 5.93. The summed E-state index contributed by atoms with van der Waals surface area (Å²) in [7, 11) is 0. The Morgan fingerprint density at radius 1 is 0.852 bits per heavy atom. The van der Waals surface area contributed by atoms with Crippen molar-refractivity contribution in [2.45, 2.75) is 71.1 Å². The lowest BCUT2D eigenvalue weighted by Gasteiger charge is -2.24. The number of carboxylic acid groups (broad SMARTS) is 1. The quantitative estimate of drug-likeness (QED) is 0.225. The van der Waals surface area contributed by atoms with Gasteiger partial charge in [-0.1, -0.05) is 13.8 Å². The first-order valence-electron chi connectivity index (χ1n) is 9.10. The number of hydrogen-bond donors (Lipinski definition) is 6. The Bertz CT molecular complexity index is 526. The van der Waals surface area contributed by atoms with Crippen LogP contribution in [0.1, 0.15) is 47.0 Å². The van der Waals surface area contributed by atoms with Crippen LogP contribution in [0.2, 0.25) is 0 Å². The van der Waals surface area contributed by atoms with Crippen molar-refractivity contribution in [3.05, 3.63) is 0 Å². The van der Waals surface area contributed by atoms with Crippen molar-refractivity contribution < 1.29 is 24.3 Å². The molecule has 0 rings (SSSR count). The number of carbonyl (C=O) groups excluding carboxylic acids is 3. The number of amides is 3. The first-order chi connectivity index (χ1) is 12.5. The summed E-state index contributed by atoms with van der Waals surface area (Å²) < 4.78 is 0. The average Bonchev–Trinajstić information content (AvgIpc) is 2.59. The molecule has 3 amide bonds. The second-order valence-corrected chi connectivity index (χ2v) is 6.91. The van der Waals surface area contributed by atoms with E-state index in [0.717, 1.165) is 0 Å². The summed E-state index contributed by atoms with van der Waals surface area (Å²) in [6, 6.07) is -3.67. The van der Waals surface area contributed by atoms with Gasteiger partial charge < -0.3 is 32.5 Å². The number of carbonyl (C=O) groups is 4. The van der Waals surface area contributed by atoms with Crippen LogP contribution in [0.15, 0.2) is 0 Å². The van der Waals surface area contributed by atoms with Crippen molar-refractivity contribution in [1.82, 2.24) is 16.0 Å². The molecule has 0 aliphatic heterocycles. The second kappa shape index (κ2) is 12.2. The van der Waals surface area contributed by atoms with Crippen molar-refractivity contribution in [2.75, 3.05) is 6.54 Å². The Morgan fingerprint density at radius 2 is 1.41 bits per heavy atom. The number of nitrogens with two attached hydrogens (primary N) is 2. The minimum Gasteiger partial charge on any atom is -0.480 e. The topological polar surface area (TPSA) is 177 Å². The number of rotatable bonds is 12. The van der Waals surface area contributed by atoms with Gasteiger partial charge in [0, 0.05) is 0 Å². The Morgan fingerprint density at radius 3 is 1.89 bits per heavy atom. The van der Waals surface area contributed by atoms with Crippen molar-refractivity contribution in [1.29, 1.82) is 0 Å². The summed E-state index contributed by atoms with van der Waals surface area (Å²) in [5.41, 5.74) is 11.3. The third kappa shape index (κ3) is 9.34. The highest BCUT2D eigenvalue weighted by Gasteiger charge is 2.27. The normalized spacial score (nSPS) is 15.4. The summed E-state index contributed by atoms with van der Waals surface area (Å²) in [6.07, 6.45) is 1.64. The molecule has 0 saturated carbocycles. The molecule has 0 fully saturated rings.